The van der Waals surface area contributed by atoms with Crippen molar-refractivity contribution in [3.05, 3.63) is 42.0 Å². The van der Waals surface area contributed by atoms with Crippen molar-refractivity contribution in [2.75, 3.05) is 20.3 Å². The lowest BCUT2D eigenvalue weighted by Crippen LogP contribution is -2.60. The highest BCUT2D eigenvalue weighted by atomic mass is 28.4. The summed E-state index contributed by atoms with van der Waals surface area (Å²) in [5.41, 5.74) is 2.18. The Morgan fingerprint density at radius 3 is 2.35 bits per heavy atom. The molecule has 0 heterocycles. The zero-order valence-electron chi connectivity index (χ0n) is 24.7. The molecule has 37 heavy (non-hydrogen) atoms. The molecule has 1 aromatic carbocycles. The standard InChI is InChI=1S/C31H50O5Si/c1-22-11-16-27-30(6,26(22)20-34-23(2)32)18-17-28(35-19-24-12-14-25(33-8)15-13-24)31(27,7)21-36-37(9,10)29(3,4)5/h12-15,26-28H,1,11,16-21H2,2-10H3/t26-,27+,28-,30+,31-/m0/s1. The summed E-state index contributed by atoms with van der Waals surface area (Å²) in [5.74, 6) is 1.17. The second-order valence-electron chi connectivity index (χ2n) is 13.4. The highest BCUT2D eigenvalue weighted by molar-refractivity contribution is 6.74. The van der Waals surface area contributed by atoms with Gasteiger partial charge in [-0.25, -0.2) is 0 Å². The number of rotatable bonds is 9. The van der Waals surface area contributed by atoms with Crippen molar-refractivity contribution in [1.82, 2.24) is 0 Å². The first-order valence-corrected chi connectivity index (χ1v) is 16.7. The quantitative estimate of drug-likeness (QED) is 0.187. The first kappa shape index (κ1) is 29.9. The molecule has 6 heteroatoms. The van der Waals surface area contributed by atoms with Crippen LogP contribution in [-0.2, 0) is 25.3 Å². The van der Waals surface area contributed by atoms with Gasteiger partial charge in [-0.3, -0.25) is 4.79 Å². The van der Waals surface area contributed by atoms with E-state index in [1.165, 1.54) is 12.5 Å². The van der Waals surface area contributed by atoms with E-state index in [0.29, 0.717) is 25.7 Å². The van der Waals surface area contributed by atoms with Gasteiger partial charge in [-0.1, -0.05) is 58.9 Å². The van der Waals surface area contributed by atoms with E-state index >= 15 is 0 Å². The summed E-state index contributed by atoms with van der Waals surface area (Å²) in [4.78, 5) is 11.7. The number of hydrogen-bond acceptors (Lipinski definition) is 5. The summed E-state index contributed by atoms with van der Waals surface area (Å²) < 4.78 is 24.6. The Kier molecular flexibility index (Phi) is 9.08. The molecule has 3 rings (SSSR count). The molecule has 2 fully saturated rings. The van der Waals surface area contributed by atoms with E-state index in [0.717, 1.165) is 37.0 Å². The molecule has 5 nitrogen and oxygen atoms in total. The lowest BCUT2D eigenvalue weighted by molar-refractivity contribution is -0.180. The average Bonchev–Trinajstić information content (AvgIpc) is 2.81. The number of esters is 1. The molecule has 5 atom stereocenters. The second-order valence-corrected chi connectivity index (χ2v) is 18.2. The molecule has 2 aliphatic rings. The monoisotopic (exact) mass is 530 g/mol. The van der Waals surface area contributed by atoms with Crippen LogP contribution in [0.4, 0.5) is 0 Å². The van der Waals surface area contributed by atoms with Crippen molar-refractivity contribution in [2.45, 2.75) is 98.1 Å². The maximum atomic E-state index is 11.7. The van der Waals surface area contributed by atoms with E-state index in [-0.39, 0.29) is 33.9 Å². The summed E-state index contributed by atoms with van der Waals surface area (Å²) in [5, 5.41) is 0.138. The molecular weight excluding hydrogens is 480 g/mol. The molecular formula is C31H50O5Si. The minimum Gasteiger partial charge on any atom is -0.497 e. The normalized spacial score (nSPS) is 30.5. The minimum atomic E-state index is -1.96. The fraction of sp³-hybridized carbons (Fsp3) is 0.710. The van der Waals surface area contributed by atoms with E-state index in [2.05, 4.69) is 66.4 Å². The zero-order chi connectivity index (χ0) is 27.6. The van der Waals surface area contributed by atoms with Gasteiger partial charge in [-0.15, -0.1) is 0 Å². The van der Waals surface area contributed by atoms with Crippen molar-refractivity contribution in [3.63, 3.8) is 0 Å². The molecule has 0 saturated heterocycles. The SMILES string of the molecule is C=C1CC[C@H]2[C@](C)(CO[Si](C)(C)C(C)(C)C)[C@@H](OCc3ccc(OC)cc3)CC[C@]2(C)[C@H]1COC(C)=O. The molecule has 0 unspecified atom stereocenters. The summed E-state index contributed by atoms with van der Waals surface area (Å²) in [6, 6.07) is 8.13. The first-order chi connectivity index (χ1) is 17.1. The molecule has 0 spiro atoms. The fourth-order valence-electron chi connectivity index (χ4n) is 6.42. The smallest absolute Gasteiger partial charge is 0.302 e. The Morgan fingerprint density at radius 1 is 1.14 bits per heavy atom. The molecule has 208 valence electrons. The van der Waals surface area contributed by atoms with Crippen LogP contribution in [0.1, 0.15) is 72.8 Å². The summed E-state index contributed by atoms with van der Waals surface area (Å²) >= 11 is 0. The Bertz CT molecular complexity index is 949. The largest absolute Gasteiger partial charge is 0.497 e. The molecule has 2 aliphatic carbocycles. The van der Waals surface area contributed by atoms with E-state index in [1.807, 2.05) is 12.1 Å². The van der Waals surface area contributed by atoms with Crippen molar-refractivity contribution in [1.29, 1.82) is 0 Å². The van der Waals surface area contributed by atoms with Crippen LogP contribution in [0.3, 0.4) is 0 Å². The number of carbonyl (C=O) groups excluding carboxylic acids is 1. The summed E-state index contributed by atoms with van der Waals surface area (Å²) in [7, 11) is -0.274. The number of ether oxygens (including phenoxy) is 3. The van der Waals surface area contributed by atoms with Gasteiger partial charge in [0.15, 0.2) is 8.32 Å². The van der Waals surface area contributed by atoms with Crippen LogP contribution >= 0.6 is 0 Å². The van der Waals surface area contributed by atoms with Gasteiger partial charge in [0.25, 0.3) is 0 Å². The van der Waals surface area contributed by atoms with Gasteiger partial charge < -0.3 is 18.6 Å². The first-order valence-electron chi connectivity index (χ1n) is 13.8. The van der Waals surface area contributed by atoms with Crippen LogP contribution in [0.2, 0.25) is 18.1 Å². The predicted molar refractivity (Wildman–Crippen MR) is 152 cm³/mol. The molecule has 0 amide bonds. The predicted octanol–water partition coefficient (Wildman–Crippen LogP) is 7.55. The van der Waals surface area contributed by atoms with Gasteiger partial charge in [0, 0.05) is 24.9 Å². The van der Waals surface area contributed by atoms with Gasteiger partial charge >= 0.3 is 5.97 Å². The molecule has 0 aromatic heterocycles. The molecule has 1 aromatic rings. The van der Waals surface area contributed by atoms with Crippen molar-refractivity contribution in [3.8, 4) is 5.75 Å². The zero-order valence-corrected chi connectivity index (χ0v) is 25.7. The number of hydrogen-bond donors (Lipinski definition) is 0. The average molecular weight is 531 g/mol. The summed E-state index contributed by atoms with van der Waals surface area (Å²) in [6.07, 6.45) is 4.06. The molecule has 0 N–H and O–H groups in total. The third-order valence-electron chi connectivity index (χ3n) is 9.93. The fourth-order valence-corrected chi connectivity index (χ4v) is 7.52. The topological polar surface area (TPSA) is 54.0 Å². The van der Waals surface area contributed by atoms with E-state index < -0.39 is 8.32 Å². The van der Waals surface area contributed by atoms with E-state index in [4.69, 9.17) is 18.6 Å². The van der Waals surface area contributed by atoms with Gasteiger partial charge in [-0.2, -0.15) is 0 Å². The van der Waals surface area contributed by atoms with E-state index in [1.54, 1.807) is 7.11 Å². The number of benzene rings is 1. The summed E-state index contributed by atoms with van der Waals surface area (Å²) in [6.45, 7) is 23.9. The van der Waals surface area contributed by atoms with Gasteiger partial charge in [-0.05, 0) is 72.8 Å². The number of fused-ring (bicyclic) bond motifs is 1. The molecule has 0 bridgehead atoms. The maximum absolute atomic E-state index is 11.7. The Morgan fingerprint density at radius 2 is 1.78 bits per heavy atom. The van der Waals surface area contributed by atoms with Crippen LogP contribution in [0.5, 0.6) is 5.75 Å². The van der Waals surface area contributed by atoms with Gasteiger partial charge in [0.2, 0.25) is 0 Å². The van der Waals surface area contributed by atoms with Crippen LogP contribution in [-0.4, -0.2) is 40.7 Å². The van der Waals surface area contributed by atoms with Crippen molar-refractivity contribution in [2.24, 2.45) is 22.7 Å². The second kappa shape index (κ2) is 11.2. The van der Waals surface area contributed by atoms with Crippen LogP contribution in [0.25, 0.3) is 0 Å². The molecule has 0 aliphatic heterocycles. The minimum absolute atomic E-state index is 0.0176. The maximum Gasteiger partial charge on any atom is 0.302 e. The Labute approximate surface area is 226 Å². The molecule has 0 radical (unpaired) electrons. The lowest BCUT2D eigenvalue weighted by Gasteiger charge is -2.61. The van der Waals surface area contributed by atoms with E-state index in [9.17, 15) is 4.79 Å². The molecule has 2 saturated carbocycles. The Hall–Kier alpha value is -1.63. The lowest BCUT2D eigenvalue weighted by atomic mass is 9.46. The highest BCUT2D eigenvalue weighted by Gasteiger charge is 2.59. The third kappa shape index (κ3) is 6.34. The van der Waals surface area contributed by atoms with Crippen LogP contribution in [0, 0.1) is 22.7 Å². The van der Waals surface area contributed by atoms with Crippen molar-refractivity contribution < 1.29 is 23.4 Å². The number of carbonyl (C=O) groups is 1. The van der Waals surface area contributed by atoms with Crippen LogP contribution in [0.15, 0.2) is 36.4 Å². The van der Waals surface area contributed by atoms with Crippen molar-refractivity contribution >= 4 is 14.3 Å². The van der Waals surface area contributed by atoms with Gasteiger partial charge in [0.05, 0.1) is 26.4 Å². The van der Waals surface area contributed by atoms with Crippen LogP contribution < -0.4 is 4.74 Å². The Balaban J connectivity index is 1.90. The highest BCUT2D eigenvalue weighted by Crippen LogP contribution is 2.62. The van der Waals surface area contributed by atoms with Gasteiger partial charge in [0.1, 0.15) is 5.75 Å². The number of methoxy groups -OCH3 is 1. The third-order valence-corrected chi connectivity index (χ3v) is 14.4.